The minimum Gasteiger partial charge on any atom is -0.331 e. The number of hydrogen-bond acceptors (Lipinski definition) is 2. The van der Waals surface area contributed by atoms with Crippen LogP contribution in [0.3, 0.4) is 0 Å². The number of nitrogens with zero attached hydrogens (tertiary/aromatic N) is 1. The Balaban J connectivity index is 1.70. The van der Waals surface area contributed by atoms with Crippen molar-refractivity contribution in [1.29, 1.82) is 0 Å². The van der Waals surface area contributed by atoms with Gasteiger partial charge in [-0.25, -0.2) is 4.79 Å². The van der Waals surface area contributed by atoms with Crippen LogP contribution >= 0.6 is 23.4 Å². The first-order valence-corrected chi connectivity index (χ1v) is 8.88. The molecule has 1 aliphatic carbocycles. The molecule has 1 aromatic rings. The zero-order valence-electron chi connectivity index (χ0n) is 12.4. The predicted octanol–water partition coefficient (Wildman–Crippen LogP) is 4.32. The summed E-state index contributed by atoms with van der Waals surface area (Å²) < 4.78 is 0. The van der Waals surface area contributed by atoms with E-state index >= 15 is 0 Å². The number of urea groups is 1. The summed E-state index contributed by atoms with van der Waals surface area (Å²) in [6.45, 7) is 2.14. The molecular weight excluding hydrogens is 304 g/mol. The zero-order valence-corrected chi connectivity index (χ0v) is 14.0. The smallest absolute Gasteiger partial charge is 0.317 e. The molecule has 2 aliphatic rings. The SMILES string of the molecule is CC(C1CC1)N(C)C(=O)NC1CCSc2ccc(Cl)cc21. The van der Waals surface area contributed by atoms with Gasteiger partial charge in [-0.05, 0) is 55.9 Å². The van der Waals surface area contributed by atoms with Gasteiger partial charge in [0.15, 0.2) is 0 Å². The topological polar surface area (TPSA) is 32.3 Å². The van der Waals surface area contributed by atoms with E-state index in [1.807, 2.05) is 35.8 Å². The Morgan fingerprint density at radius 2 is 2.19 bits per heavy atom. The minimum absolute atomic E-state index is 0.0252. The number of halogens is 1. The minimum atomic E-state index is 0.0252. The fourth-order valence-corrected chi connectivity index (χ4v) is 4.13. The number of fused-ring (bicyclic) bond motifs is 1. The zero-order chi connectivity index (χ0) is 15.0. The van der Waals surface area contributed by atoms with Crippen molar-refractivity contribution < 1.29 is 4.79 Å². The largest absolute Gasteiger partial charge is 0.331 e. The van der Waals surface area contributed by atoms with Crippen molar-refractivity contribution in [3.8, 4) is 0 Å². The molecule has 0 spiro atoms. The third-order valence-corrected chi connectivity index (χ3v) is 5.90. The van der Waals surface area contributed by atoms with Crippen molar-refractivity contribution in [2.45, 2.75) is 43.2 Å². The second-order valence-corrected chi connectivity index (χ2v) is 7.58. The third kappa shape index (κ3) is 3.32. The monoisotopic (exact) mass is 324 g/mol. The average molecular weight is 325 g/mol. The van der Waals surface area contributed by atoms with Crippen molar-refractivity contribution >= 4 is 29.4 Å². The lowest BCUT2D eigenvalue weighted by Crippen LogP contribution is -2.45. The molecule has 0 radical (unpaired) electrons. The number of benzene rings is 1. The number of nitrogens with one attached hydrogen (secondary N) is 1. The van der Waals surface area contributed by atoms with Crippen LogP contribution in [-0.4, -0.2) is 29.8 Å². The highest BCUT2D eigenvalue weighted by molar-refractivity contribution is 7.99. The van der Waals surface area contributed by atoms with E-state index in [0.29, 0.717) is 12.0 Å². The van der Waals surface area contributed by atoms with Gasteiger partial charge in [-0.15, -0.1) is 11.8 Å². The molecular formula is C16H21ClN2OS. The second kappa shape index (κ2) is 6.09. The molecule has 1 heterocycles. The molecule has 114 valence electrons. The van der Waals surface area contributed by atoms with Crippen molar-refractivity contribution in [3.05, 3.63) is 28.8 Å². The molecule has 0 bridgehead atoms. The quantitative estimate of drug-likeness (QED) is 0.898. The molecule has 21 heavy (non-hydrogen) atoms. The maximum absolute atomic E-state index is 12.5. The van der Waals surface area contributed by atoms with E-state index in [4.69, 9.17) is 11.6 Å². The molecule has 2 unspecified atom stereocenters. The van der Waals surface area contributed by atoms with Crippen LogP contribution in [0.5, 0.6) is 0 Å². The summed E-state index contributed by atoms with van der Waals surface area (Å²) in [5, 5.41) is 3.91. The second-order valence-electron chi connectivity index (χ2n) is 6.01. The first-order chi connectivity index (χ1) is 10.1. The van der Waals surface area contributed by atoms with Gasteiger partial charge in [-0.2, -0.15) is 0 Å². The third-order valence-electron chi connectivity index (χ3n) is 4.54. The van der Waals surface area contributed by atoms with Gasteiger partial charge in [-0.3, -0.25) is 0 Å². The number of carbonyl (C=O) groups excluding carboxylic acids is 1. The summed E-state index contributed by atoms with van der Waals surface area (Å²) >= 11 is 7.94. The first-order valence-electron chi connectivity index (χ1n) is 7.52. The van der Waals surface area contributed by atoms with Crippen molar-refractivity contribution in [3.63, 3.8) is 0 Å². The summed E-state index contributed by atoms with van der Waals surface area (Å²) in [6.07, 6.45) is 3.45. The normalized spacial score (nSPS) is 22.3. The van der Waals surface area contributed by atoms with Gasteiger partial charge in [0, 0.05) is 28.8 Å². The van der Waals surface area contributed by atoms with Gasteiger partial charge < -0.3 is 10.2 Å². The summed E-state index contributed by atoms with van der Waals surface area (Å²) in [5.41, 5.74) is 1.15. The summed E-state index contributed by atoms with van der Waals surface area (Å²) in [7, 11) is 1.90. The van der Waals surface area contributed by atoms with Crippen LogP contribution in [-0.2, 0) is 0 Å². The maximum Gasteiger partial charge on any atom is 0.317 e. The highest BCUT2D eigenvalue weighted by Gasteiger charge is 2.33. The Bertz CT molecular complexity index is 547. The van der Waals surface area contributed by atoms with E-state index in [9.17, 15) is 4.79 Å². The summed E-state index contributed by atoms with van der Waals surface area (Å²) in [5.74, 6) is 1.71. The van der Waals surface area contributed by atoms with Gasteiger partial charge in [0.25, 0.3) is 0 Å². The molecule has 1 aliphatic heterocycles. The van der Waals surface area contributed by atoms with Crippen LogP contribution in [0.1, 0.15) is 37.8 Å². The molecule has 1 aromatic carbocycles. The Morgan fingerprint density at radius 3 is 2.90 bits per heavy atom. The highest BCUT2D eigenvalue weighted by atomic mass is 35.5. The van der Waals surface area contributed by atoms with Crippen molar-refractivity contribution in [2.75, 3.05) is 12.8 Å². The van der Waals surface area contributed by atoms with E-state index < -0.39 is 0 Å². The molecule has 3 nitrogen and oxygen atoms in total. The number of thioether (sulfide) groups is 1. The standard InChI is InChI=1S/C16H21ClN2OS/c1-10(11-3-4-11)19(2)16(20)18-14-7-8-21-15-6-5-12(17)9-13(14)15/h5-6,9-11,14H,3-4,7-8H2,1-2H3,(H,18,20). The van der Waals surface area contributed by atoms with E-state index in [0.717, 1.165) is 22.8 Å². The Hall–Kier alpha value is -0.870. The van der Waals surface area contributed by atoms with E-state index in [1.165, 1.54) is 17.7 Å². The van der Waals surface area contributed by atoms with Gasteiger partial charge in [0.05, 0.1) is 6.04 Å². The lowest BCUT2D eigenvalue weighted by molar-refractivity contribution is 0.183. The van der Waals surface area contributed by atoms with E-state index in [1.54, 1.807) is 0 Å². The summed E-state index contributed by atoms with van der Waals surface area (Å²) in [4.78, 5) is 15.5. The number of hydrogen-bond donors (Lipinski definition) is 1. The van der Waals surface area contributed by atoms with Crippen molar-refractivity contribution in [2.24, 2.45) is 5.92 Å². The molecule has 1 fully saturated rings. The predicted molar refractivity (Wildman–Crippen MR) is 88.0 cm³/mol. The fourth-order valence-electron chi connectivity index (χ4n) is 2.85. The molecule has 1 saturated carbocycles. The van der Waals surface area contributed by atoms with Gasteiger partial charge in [0.2, 0.25) is 0 Å². The molecule has 0 saturated heterocycles. The Labute approximate surface area is 135 Å². The van der Waals surface area contributed by atoms with Crippen LogP contribution in [0.25, 0.3) is 0 Å². The van der Waals surface area contributed by atoms with E-state index in [-0.39, 0.29) is 12.1 Å². The van der Waals surface area contributed by atoms with E-state index in [2.05, 4.69) is 18.3 Å². The molecule has 0 aromatic heterocycles. The Morgan fingerprint density at radius 1 is 1.43 bits per heavy atom. The molecule has 1 N–H and O–H groups in total. The van der Waals surface area contributed by atoms with Crippen LogP contribution in [0.2, 0.25) is 5.02 Å². The molecule has 3 rings (SSSR count). The first kappa shape index (κ1) is 15.0. The number of carbonyl (C=O) groups is 1. The Kier molecular flexibility index (Phi) is 4.36. The molecule has 2 atom stereocenters. The van der Waals surface area contributed by atoms with Crippen LogP contribution < -0.4 is 5.32 Å². The van der Waals surface area contributed by atoms with Crippen LogP contribution in [0.4, 0.5) is 4.79 Å². The van der Waals surface area contributed by atoms with Crippen LogP contribution in [0.15, 0.2) is 23.1 Å². The fraction of sp³-hybridized carbons (Fsp3) is 0.562. The van der Waals surface area contributed by atoms with Gasteiger partial charge in [-0.1, -0.05) is 11.6 Å². The lowest BCUT2D eigenvalue weighted by Gasteiger charge is -2.31. The molecule has 2 amide bonds. The average Bonchev–Trinajstić information content (AvgIpc) is 3.31. The molecule has 5 heteroatoms. The number of rotatable bonds is 3. The lowest BCUT2D eigenvalue weighted by atomic mass is 10.0. The summed E-state index contributed by atoms with van der Waals surface area (Å²) in [6, 6.07) is 6.37. The van der Waals surface area contributed by atoms with Gasteiger partial charge in [0.1, 0.15) is 0 Å². The number of amides is 2. The van der Waals surface area contributed by atoms with Gasteiger partial charge >= 0.3 is 6.03 Å². The highest BCUT2D eigenvalue weighted by Crippen LogP contribution is 2.38. The van der Waals surface area contributed by atoms with Crippen LogP contribution in [0, 0.1) is 5.92 Å². The maximum atomic E-state index is 12.5. The van der Waals surface area contributed by atoms with Crippen molar-refractivity contribution in [1.82, 2.24) is 10.2 Å².